The number of nitrogens with one attached hydrogen (secondary N) is 1. The molecule has 1 aromatic carbocycles. The number of nitrogens with zero attached hydrogens (tertiary/aromatic N) is 2. The van der Waals surface area contributed by atoms with E-state index in [0.717, 1.165) is 5.56 Å². The minimum absolute atomic E-state index is 0.222. The molecule has 0 amide bonds. The van der Waals surface area contributed by atoms with Crippen molar-refractivity contribution in [2.45, 2.75) is 19.1 Å². The molecule has 5 nitrogen and oxygen atoms in total. The molecule has 0 aliphatic carbocycles. The van der Waals surface area contributed by atoms with Crippen LogP contribution in [0.15, 0.2) is 23.2 Å². The molecular formula is C15H22F3N3O2. The molecule has 0 spiro atoms. The van der Waals surface area contributed by atoms with Crippen LogP contribution in [0.3, 0.4) is 0 Å². The molecule has 0 radical (unpaired) electrons. The lowest BCUT2D eigenvalue weighted by molar-refractivity contribution is -0.132. The highest BCUT2D eigenvalue weighted by molar-refractivity contribution is 5.79. The average Bonchev–Trinajstić information content (AvgIpc) is 2.50. The number of guanidine groups is 1. The van der Waals surface area contributed by atoms with E-state index in [9.17, 15) is 13.2 Å². The molecule has 0 aliphatic heterocycles. The van der Waals surface area contributed by atoms with Gasteiger partial charge in [-0.15, -0.1) is 0 Å². The Morgan fingerprint density at radius 1 is 1.26 bits per heavy atom. The second kappa shape index (κ2) is 8.50. The van der Waals surface area contributed by atoms with E-state index in [1.165, 1.54) is 7.05 Å². The van der Waals surface area contributed by atoms with Crippen LogP contribution in [0.2, 0.25) is 0 Å². The summed E-state index contributed by atoms with van der Waals surface area (Å²) in [7, 11) is 6.38. The van der Waals surface area contributed by atoms with Crippen molar-refractivity contribution in [1.82, 2.24) is 10.2 Å². The quantitative estimate of drug-likeness (QED) is 0.642. The van der Waals surface area contributed by atoms with Crippen molar-refractivity contribution in [2.75, 3.05) is 34.9 Å². The third-order valence-corrected chi connectivity index (χ3v) is 3.17. The molecule has 8 heteroatoms. The SMILES string of the molecule is CN=C(NCCC(F)(F)F)N(C)Cc1ccc(OC)cc1OC. The fourth-order valence-corrected chi connectivity index (χ4v) is 2.01. The van der Waals surface area contributed by atoms with Gasteiger partial charge in [0.2, 0.25) is 0 Å². The van der Waals surface area contributed by atoms with E-state index in [0.29, 0.717) is 24.0 Å². The molecule has 0 aromatic heterocycles. The molecule has 0 fully saturated rings. The summed E-state index contributed by atoms with van der Waals surface area (Å²) < 4.78 is 47.1. The standard InChI is InChI=1S/C15H22F3N3O2/c1-19-14(20-8-7-15(16,17)18)21(2)10-11-5-6-12(22-3)9-13(11)23-4/h5-6,9H,7-8,10H2,1-4H3,(H,19,20). The zero-order valence-corrected chi connectivity index (χ0v) is 13.7. The van der Waals surface area contributed by atoms with Crippen molar-refractivity contribution < 1.29 is 22.6 Å². The van der Waals surface area contributed by atoms with Gasteiger partial charge < -0.3 is 19.7 Å². The molecule has 0 saturated carbocycles. The Hall–Kier alpha value is -2.12. The highest BCUT2D eigenvalue weighted by Gasteiger charge is 2.26. The van der Waals surface area contributed by atoms with E-state index in [2.05, 4.69) is 10.3 Å². The van der Waals surface area contributed by atoms with Crippen LogP contribution in [0.5, 0.6) is 11.5 Å². The third kappa shape index (κ3) is 6.25. The molecule has 0 atom stereocenters. The van der Waals surface area contributed by atoms with Crippen molar-refractivity contribution in [1.29, 1.82) is 0 Å². The molecule has 0 unspecified atom stereocenters. The molecule has 0 heterocycles. The number of hydrogen-bond donors (Lipinski definition) is 1. The van der Waals surface area contributed by atoms with Crippen LogP contribution in [0.1, 0.15) is 12.0 Å². The van der Waals surface area contributed by atoms with Crippen LogP contribution in [0, 0.1) is 0 Å². The summed E-state index contributed by atoms with van der Waals surface area (Å²) in [4.78, 5) is 5.71. The van der Waals surface area contributed by atoms with Gasteiger partial charge in [-0.25, -0.2) is 0 Å². The molecule has 0 bridgehead atoms. The Labute approximate surface area is 134 Å². The van der Waals surface area contributed by atoms with Crippen LogP contribution in [-0.2, 0) is 6.54 Å². The van der Waals surface area contributed by atoms with Gasteiger partial charge in [-0.3, -0.25) is 4.99 Å². The Morgan fingerprint density at radius 3 is 2.48 bits per heavy atom. The first-order chi connectivity index (χ1) is 10.8. The van der Waals surface area contributed by atoms with Gasteiger partial charge in [-0.05, 0) is 12.1 Å². The van der Waals surface area contributed by atoms with Gasteiger partial charge in [0.05, 0.1) is 20.6 Å². The first kappa shape index (κ1) is 18.9. The maximum atomic E-state index is 12.2. The minimum atomic E-state index is -4.19. The summed E-state index contributed by atoms with van der Waals surface area (Å²) in [5.41, 5.74) is 0.870. The van der Waals surface area contributed by atoms with Crippen LogP contribution in [-0.4, -0.2) is 51.9 Å². The number of alkyl halides is 3. The fourth-order valence-electron chi connectivity index (χ4n) is 2.01. The zero-order valence-electron chi connectivity index (χ0n) is 13.7. The number of halogens is 3. The maximum Gasteiger partial charge on any atom is 0.390 e. The minimum Gasteiger partial charge on any atom is -0.497 e. The van der Waals surface area contributed by atoms with E-state index >= 15 is 0 Å². The molecule has 0 aliphatic rings. The summed E-state index contributed by atoms with van der Waals surface area (Å²) in [5.74, 6) is 1.69. The van der Waals surface area contributed by atoms with Crippen LogP contribution in [0.4, 0.5) is 13.2 Å². The largest absolute Gasteiger partial charge is 0.497 e. The first-order valence-electron chi connectivity index (χ1n) is 7.00. The van der Waals surface area contributed by atoms with Crippen molar-refractivity contribution in [3.63, 3.8) is 0 Å². The molecule has 1 rings (SSSR count). The molecule has 130 valence electrons. The van der Waals surface area contributed by atoms with Crippen LogP contribution >= 0.6 is 0 Å². The maximum absolute atomic E-state index is 12.2. The Kier molecular flexibility index (Phi) is 6.99. The number of aliphatic imine (C=N–C) groups is 1. The molecule has 1 aromatic rings. The molecular weight excluding hydrogens is 311 g/mol. The van der Waals surface area contributed by atoms with Gasteiger partial charge in [0, 0.05) is 38.8 Å². The molecule has 23 heavy (non-hydrogen) atoms. The van der Waals surface area contributed by atoms with Crippen molar-refractivity contribution in [3.05, 3.63) is 23.8 Å². The summed E-state index contributed by atoms with van der Waals surface area (Å²) in [6, 6.07) is 5.39. The lowest BCUT2D eigenvalue weighted by Crippen LogP contribution is -2.39. The lowest BCUT2D eigenvalue weighted by Gasteiger charge is -2.23. The van der Waals surface area contributed by atoms with E-state index in [1.54, 1.807) is 38.3 Å². The van der Waals surface area contributed by atoms with E-state index in [4.69, 9.17) is 9.47 Å². The number of benzene rings is 1. The number of hydrogen-bond acceptors (Lipinski definition) is 3. The van der Waals surface area contributed by atoms with Crippen molar-refractivity contribution in [3.8, 4) is 11.5 Å². The Bertz CT molecular complexity index is 533. The van der Waals surface area contributed by atoms with Gasteiger partial charge in [-0.1, -0.05) is 0 Å². The first-order valence-corrected chi connectivity index (χ1v) is 7.00. The van der Waals surface area contributed by atoms with E-state index < -0.39 is 12.6 Å². The van der Waals surface area contributed by atoms with Crippen LogP contribution in [0.25, 0.3) is 0 Å². The number of rotatable bonds is 6. The van der Waals surface area contributed by atoms with Crippen molar-refractivity contribution >= 4 is 5.96 Å². The van der Waals surface area contributed by atoms with Crippen molar-refractivity contribution in [2.24, 2.45) is 4.99 Å². The average molecular weight is 333 g/mol. The van der Waals surface area contributed by atoms with E-state index in [-0.39, 0.29) is 6.54 Å². The Morgan fingerprint density at radius 2 is 1.96 bits per heavy atom. The van der Waals surface area contributed by atoms with E-state index in [1.807, 2.05) is 6.07 Å². The normalized spacial score (nSPS) is 12.0. The highest BCUT2D eigenvalue weighted by atomic mass is 19.4. The second-order valence-corrected chi connectivity index (χ2v) is 4.87. The summed E-state index contributed by atoms with van der Waals surface area (Å²) in [6.45, 7) is 0.207. The summed E-state index contributed by atoms with van der Waals surface area (Å²) in [6.07, 6.45) is -5.10. The second-order valence-electron chi connectivity index (χ2n) is 4.87. The van der Waals surface area contributed by atoms with Gasteiger partial charge in [0.25, 0.3) is 0 Å². The number of ether oxygens (including phenoxy) is 2. The zero-order chi connectivity index (χ0) is 17.5. The van der Waals surface area contributed by atoms with Gasteiger partial charge >= 0.3 is 6.18 Å². The topological polar surface area (TPSA) is 46.1 Å². The summed E-state index contributed by atoms with van der Waals surface area (Å²) >= 11 is 0. The molecule has 1 N–H and O–H groups in total. The highest BCUT2D eigenvalue weighted by Crippen LogP contribution is 2.25. The lowest BCUT2D eigenvalue weighted by atomic mass is 10.2. The van der Waals surface area contributed by atoms with Gasteiger partial charge in [0.1, 0.15) is 11.5 Å². The predicted molar refractivity (Wildman–Crippen MR) is 83.0 cm³/mol. The summed E-state index contributed by atoms with van der Waals surface area (Å²) in [5, 5.41) is 2.70. The van der Waals surface area contributed by atoms with Crippen LogP contribution < -0.4 is 14.8 Å². The van der Waals surface area contributed by atoms with Gasteiger partial charge in [-0.2, -0.15) is 13.2 Å². The monoisotopic (exact) mass is 333 g/mol. The third-order valence-electron chi connectivity index (χ3n) is 3.17. The smallest absolute Gasteiger partial charge is 0.390 e. The van der Waals surface area contributed by atoms with Gasteiger partial charge in [0.15, 0.2) is 5.96 Å². The number of methoxy groups -OCH3 is 2. The fraction of sp³-hybridized carbons (Fsp3) is 0.533. The predicted octanol–water partition coefficient (Wildman–Crippen LogP) is 2.66. The Balaban J connectivity index is 2.71. The molecule has 0 saturated heterocycles.